The van der Waals surface area contributed by atoms with Crippen molar-refractivity contribution < 1.29 is 14.5 Å². The van der Waals surface area contributed by atoms with Crippen LogP contribution >= 0.6 is 0 Å². The predicted molar refractivity (Wildman–Crippen MR) is 112 cm³/mol. The van der Waals surface area contributed by atoms with Gasteiger partial charge in [0.15, 0.2) is 0 Å². The molecule has 0 spiro atoms. The second-order valence-corrected chi connectivity index (χ2v) is 7.33. The van der Waals surface area contributed by atoms with Gasteiger partial charge in [-0.3, -0.25) is 14.9 Å². The molecule has 1 aliphatic heterocycles. The number of ether oxygens (including phenoxy) is 1. The van der Waals surface area contributed by atoms with Crippen LogP contribution in [0.5, 0.6) is 5.75 Å². The van der Waals surface area contributed by atoms with Crippen molar-refractivity contribution in [3.63, 3.8) is 0 Å². The van der Waals surface area contributed by atoms with E-state index >= 15 is 0 Å². The van der Waals surface area contributed by atoms with Gasteiger partial charge in [0.05, 0.1) is 12.0 Å². The first-order chi connectivity index (χ1) is 13.9. The smallest absolute Gasteiger partial charge is 0.282 e. The van der Waals surface area contributed by atoms with Crippen LogP contribution in [0.2, 0.25) is 0 Å². The highest BCUT2D eigenvalue weighted by Gasteiger charge is 2.28. The van der Waals surface area contributed by atoms with Crippen LogP contribution in [0.1, 0.15) is 15.9 Å². The molecule has 1 fully saturated rings. The van der Waals surface area contributed by atoms with Crippen LogP contribution in [0.25, 0.3) is 0 Å². The van der Waals surface area contributed by atoms with Crippen LogP contribution in [0.3, 0.4) is 0 Å². The standard InChI is InChI=1S/C21H26N4O4/c1-22(2)15-16-5-4-6-17(13-16)23-9-11-24(12-10-23)21(26)19-14-18(29-3)7-8-20(19)25(27)28/h4-8,13-14H,9-12,15H2,1-3H3. The van der Waals surface area contributed by atoms with Gasteiger partial charge < -0.3 is 19.4 Å². The first-order valence-corrected chi connectivity index (χ1v) is 9.49. The lowest BCUT2D eigenvalue weighted by molar-refractivity contribution is -0.385. The SMILES string of the molecule is COc1ccc([N+](=O)[O-])c(C(=O)N2CCN(c3cccc(CN(C)C)c3)CC2)c1. The van der Waals surface area contributed by atoms with Gasteiger partial charge in [0, 0.05) is 44.5 Å². The largest absolute Gasteiger partial charge is 0.497 e. The number of hydrogen-bond acceptors (Lipinski definition) is 6. The fourth-order valence-electron chi connectivity index (χ4n) is 3.53. The summed E-state index contributed by atoms with van der Waals surface area (Å²) >= 11 is 0. The van der Waals surface area contributed by atoms with Crippen LogP contribution in [-0.2, 0) is 6.54 Å². The summed E-state index contributed by atoms with van der Waals surface area (Å²) in [6, 6.07) is 12.6. The third-order valence-corrected chi connectivity index (χ3v) is 4.97. The lowest BCUT2D eigenvalue weighted by Gasteiger charge is -2.36. The number of nitrogens with zero attached hydrogens (tertiary/aromatic N) is 4. The molecular formula is C21H26N4O4. The maximum Gasteiger partial charge on any atom is 0.282 e. The molecule has 0 radical (unpaired) electrons. The Morgan fingerprint density at radius 1 is 1.14 bits per heavy atom. The molecule has 1 heterocycles. The molecule has 2 aromatic carbocycles. The van der Waals surface area contributed by atoms with Crippen LogP contribution < -0.4 is 9.64 Å². The van der Waals surface area contributed by atoms with Crippen molar-refractivity contribution in [2.45, 2.75) is 6.54 Å². The van der Waals surface area contributed by atoms with E-state index in [1.54, 1.807) is 4.90 Å². The normalized spacial score (nSPS) is 14.2. The topological polar surface area (TPSA) is 79.2 Å². The monoisotopic (exact) mass is 398 g/mol. The van der Waals surface area contributed by atoms with Gasteiger partial charge in [-0.2, -0.15) is 0 Å². The van der Waals surface area contributed by atoms with Crippen molar-refractivity contribution in [2.75, 3.05) is 52.3 Å². The first-order valence-electron chi connectivity index (χ1n) is 9.49. The van der Waals surface area contributed by atoms with Crippen molar-refractivity contribution in [3.8, 4) is 5.75 Å². The van der Waals surface area contributed by atoms with Gasteiger partial charge in [-0.25, -0.2) is 0 Å². The van der Waals surface area contributed by atoms with E-state index < -0.39 is 4.92 Å². The van der Waals surface area contributed by atoms with E-state index in [2.05, 4.69) is 28.0 Å². The molecule has 0 saturated carbocycles. The number of carbonyl (C=O) groups is 1. The number of amides is 1. The maximum absolute atomic E-state index is 13.0. The van der Waals surface area contributed by atoms with Gasteiger partial charge in [-0.15, -0.1) is 0 Å². The van der Waals surface area contributed by atoms with E-state index in [0.29, 0.717) is 31.9 Å². The second-order valence-electron chi connectivity index (χ2n) is 7.33. The molecular weight excluding hydrogens is 372 g/mol. The molecule has 0 bridgehead atoms. The molecule has 0 N–H and O–H groups in total. The molecule has 0 unspecified atom stereocenters. The van der Waals surface area contributed by atoms with Crippen molar-refractivity contribution in [1.29, 1.82) is 0 Å². The number of nitro benzene ring substituents is 1. The van der Waals surface area contributed by atoms with E-state index in [1.165, 1.54) is 30.9 Å². The van der Waals surface area contributed by atoms with Gasteiger partial charge in [-0.1, -0.05) is 12.1 Å². The predicted octanol–water partition coefficient (Wildman–Crippen LogP) is 2.63. The van der Waals surface area contributed by atoms with Gasteiger partial charge in [0.1, 0.15) is 11.3 Å². The molecule has 0 aromatic heterocycles. The molecule has 8 heteroatoms. The number of rotatable bonds is 6. The maximum atomic E-state index is 13.0. The van der Waals surface area contributed by atoms with E-state index in [4.69, 9.17) is 4.74 Å². The highest BCUT2D eigenvalue weighted by Crippen LogP contribution is 2.26. The molecule has 2 aromatic rings. The van der Waals surface area contributed by atoms with Crippen LogP contribution in [0.15, 0.2) is 42.5 Å². The van der Waals surface area contributed by atoms with Crippen molar-refractivity contribution in [2.24, 2.45) is 0 Å². The molecule has 0 aliphatic carbocycles. The summed E-state index contributed by atoms with van der Waals surface area (Å²) < 4.78 is 5.14. The van der Waals surface area contributed by atoms with E-state index in [1.807, 2.05) is 20.2 Å². The highest BCUT2D eigenvalue weighted by atomic mass is 16.6. The molecule has 29 heavy (non-hydrogen) atoms. The minimum atomic E-state index is -0.529. The zero-order valence-corrected chi connectivity index (χ0v) is 17.0. The van der Waals surface area contributed by atoms with Crippen LogP contribution in [0, 0.1) is 10.1 Å². The van der Waals surface area contributed by atoms with Crippen LogP contribution in [-0.4, -0.2) is 68.0 Å². The average molecular weight is 398 g/mol. The summed E-state index contributed by atoms with van der Waals surface area (Å²) in [5.41, 5.74) is 2.23. The van der Waals surface area contributed by atoms with E-state index in [9.17, 15) is 14.9 Å². The molecule has 0 atom stereocenters. The van der Waals surface area contributed by atoms with Crippen molar-refractivity contribution in [3.05, 3.63) is 63.7 Å². The Labute approximate surface area is 170 Å². The molecule has 1 saturated heterocycles. The Balaban J connectivity index is 1.71. The Hall–Kier alpha value is -3.13. The van der Waals surface area contributed by atoms with Gasteiger partial charge >= 0.3 is 0 Å². The number of anilines is 1. The number of hydrogen-bond donors (Lipinski definition) is 0. The average Bonchev–Trinajstić information content (AvgIpc) is 2.72. The lowest BCUT2D eigenvalue weighted by atomic mass is 10.1. The molecule has 8 nitrogen and oxygen atoms in total. The van der Waals surface area contributed by atoms with Crippen molar-refractivity contribution >= 4 is 17.3 Å². The number of carbonyl (C=O) groups excluding carboxylic acids is 1. The fraction of sp³-hybridized carbons (Fsp3) is 0.381. The number of benzene rings is 2. The first kappa shape index (κ1) is 20.6. The van der Waals surface area contributed by atoms with E-state index in [-0.39, 0.29) is 17.2 Å². The zero-order valence-electron chi connectivity index (χ0n) is 17.0. The Kier molecular flexibility index (Phi) is 6.33. The molecule has 1 amide bonds. The Morgan fingerprint density at radius 2 is 1.86 bits per heavy atom. The molecule has 3 rings (SSSR count). The van der Waals surface area contributed by atoms with Crippen LogP contribution in [0.4, 0.5) is 11.4 Å². The quantitative estimate of drug-likeness (QED) is 0.550. The lowest BCUT2D eigenvalue weighted by Crippen LogP contribution is -2.49. The summed E-state index contributed by atoms with van der Waals surface area (Å²) in [4.78, 5) is 29.8. The number of methoxy groups -OCH3 is 1. The highest BCUT2D eigenvalue weighted by molar-refractivity contribution is 5.98. The zero-order chi connectivity index (χ0) is 21.0. The van der Waals surface area contributed by atoms with E-state index in [0.717, 1.165) is 12.2 Å². The summed E-state index contributed by atoms with van der Waals surface area (Å²) in [6.45, 7) is 3.23. The summed E-state index contributed by atoms with van der Waals surface area (Å²) in [6.07, 6.45) is 0. The summed E-state index contributed by atoms with van der Waals surface area (Å²) in [7, 11) is 5.54. The molecule has 154 valence electrons. The summed E-state index contributed by atoms with van der Waals surface area (Å²) in [5, 5.41) is 11.3. The van der Waals surface area contributed by atoms with Gasteiger partial charge in [-0.05, 0) is 43.9 Å². The Morgan fingerprint density at radius 3 is 2.48 bits per heavy atom. The fourth-order valence-corrected chi connectivity index (χ4v) is 3.53. The van der Waals surface area contributed by atoms with Crippen molar-refractivity contribution in [1.82, 2.24) is 9.80 Å². The third kappa shape index (κ3) is 4.83. The molecule has 1 aliphatic rings. The van der Waals surface area contributed by atoms with Gasteiger partial charge in [0.2, 0.25) is 0 Å². The third-order valence-electron chi connectivity index (χ3n) is 4.97. The number of nitro groups is 1. The van der Waals surface area contributed by atoms with Gasteiger partial charge in [0.25, 0.3) is 11.6 Å². The summed E-state index contributed by atoms with van der Waals surface area (Å²) in [5.74, 6) is 0.0897. The minimum absolute atomic E-state index is 0.0655. The second kappa shape index (κ2) is 8.91. The minimum Gasteiger partial charge on any atom is -0.497 e. The Bertz CT molecular complexity index is 892. The number of piperazine rings is 1.